The number of hydrogen-bond donors (Lipinski definition) is 1. The minimum absolute atomic E-state index is 0.348. The number of thioether (sulfide) groups is 1. The van der Waals surface area contributed by atoms with E-state index in [9.17, 15) is 13.6 Å². The molecule has 7 heteroatoms. The number of carbonyl (C=O) groups is 1. The first-order valence-electron chi connectivity index (χ1n) is 6.72. The molecule has 1 N–H and O–H groups in total. The van der Waals surface area contributed by atoms with E-state index in [1.807, 2.05) is 0 Å². The summed E-state index contributed by atoms with van der Waals surface area (Å²) in [7, 11) is 0. The van der Waals surface area contributed by atoms with Crippen LogP contribution >= 0.6 is 23.4 Å². The normalized spacial score (nSPS) is 12.0. The van der Waals surface area contributed by atoms with Gasteiger partial charge in [-0.25, -0.2) is 0 Å². The van der Waals surface area contributed by atoms with Crippen molar-refractivity contribution >= 4 is 35.0 Å². The smallest absolute Gasteiger partial charge is 0.288 e. The third-order valence-electron chi connectivity index (χ3n) is 2.83. The van der Waals surface area contributed by atoms with Crippen LogP contribution in [0.3, 0.4) is 0 Å². The average Bonchev–Trinajstić information content (AvgIpc) is 2.48. The maximum Gasteiger partial charge on any atom is 0.288 e. The fourth-order valence-electron chi connectivity index (χ4n) is 1.76. The van der Waals surface area contributed by atoms with Gasteiger partial charge in [-0.15, -0.1) is 0 Å². The van der Waals surface area contributed by atoms with Crippen molar-refractivity contribution < 1.29 is 18.3 Å². The van der Waals surface area contributed by atoms with E-state index in [1.54, 1.807) is 43.3 Å². The minimum Gasteiger partial charge on any atom is -0.481 e. The lowest BCUT2D eigenvalue weighted by Gasteiger charge is -2.15. The Balaban J connectivity index is 1.92. The number of amides is 1. The Morgan fingerprint density at radius 2 is 1.91 bits per heavy atom. The van der Waals surface area contributed by atoms with Crippen LogP contribution < -0.4 is 10.1 Å². The molecule has 2 aromatic carbocycles. The van der Waals surface area contributed by atoms with Crippen LogP contribution in [0.15, 0.2) is 53.4 Å². The summed E-state index contributed by atoms with van der Waals surface area (Å²) in [6.07, 6.45) is -0.733. The Kier molecular flexibility index (Phi) is 6.24. The second kappa shape index (κ2) is 8.17. The molecule has 2 aromatic rings. The van der Waals surface area contributed by atoms with Gasteiger partial charge in [0.2, 0.25) is 0 Å². The molecule has 0 aliphatic rings. The number of rotatable bonds is 6. The predicted molar refractivity (Wildman–Crippen MR) is 88.5 cm³/mol. The van der Waals surface area contributed by atoms with Crippen molar-refractivity contribution in [3.05, 3.63) is 53.6 Å². The van der Waals surface area contributed by atoms with E-state index in [0.29, 0.717) is 33.1 Å². The first-order valence-corrected chi connectivity index (χ1v) is 7.98. The number of halogens is 3. The molecule has 2 rings (SSSR count). The van der Waals surface area contributed by atoms with Gasteiger partial charge in [0.1, 0.15) is 5.75 Å². The summed E-state index contributed by atoms with van der Waals surface area (Å²) in [6, 6.07) is 12.9. The van der Waals surface area contributed by atoms with Crippen LogP contribution in [0.5, 0.6) is 5.75 Å². The summed E-state index contributed by atoms with van der Waals surface area (Å²) < 4.78 is 30.0. The molecule has 23 heavy (non-hydrogen) atoms. The predicted octanol–water partition coefficient (Wildman–Crippen LogP) is 5.06. The van der Waals surface area contributed by atoms with Gasteiger partial charge >= 0.3 is 0 Å². The molecule has 0 radical (unpaired) electrons. The van der Waals surface area contributed by atoms with Gasteiger partial charge in [0.05, 0.1) is 0 Å². The third-order valence-corrected chi connectivity index (χ3v) is 3.78. The van der Waals surface area contributed by atoms with E-state index >= 15 is 0 Å². The minimum atomic E-state index is -2.47. The van der Waals surface area contributed by atoms with E-state index in [-0.39, 0.29) is 5.91 Å². The molecular formula is C16H14ClF2NO2S. The van der Waals surface area contributed by atoms with Gasteiger partial charge in [-0.05, 0) is 49.4 Å². The molecule has 0 fully saturated rings. The maximum absolute atomic E-state index is 12.2. The molecule has 0 heterocycles. The van der Waals surface area contributed by atoms with Gasteiger partial charge in [-0.3, -0.25) is 4.79 Å². The van der Waals surface area contributed by atoms with Crippen LogP contribution in [-0.2, 0) is 4.79 Å². The molecule has 0 aliphatic heterocycles. The Morgan fingerprint density at radius 3 is 2.52 bits per heavy atom. The SMILES string of the molecule is CC(Oc1cccc(Cl)c1)C(=O)Nc1ccc(SC(F)F)cc1. The number of hydrogen-bond acceptors (Lipinski definition) is 3. The zero-order valence-electron chi connectivity index (χ0n) is 12.1. The monoisotopic (exact) mass is 357 g/mol. The quantitative estimate of drug-likeness (QED) is 0.734. The van der Waals surface area contributed by atoms with Crippen LogP contribution in [0, 0.1) is 0 Å². The molecule has 1 atom stereocenters. The molecule has 3 nitrogen and oxygen atoms in total. The summed E-state index contributed by atoms with van der Waals surface area (Å²) >= 11 is 6.30. The third kappa shape index (κ3) is 5.73. The van der Waals surface area contributed by atoms with Crippen molar-refractivity contribution in [3.8, 4) is 5.75 Å². The van der Waals surface area contributed by atoms with E-state index in [0.717, 1.165) is 0 Å². The van der Waals surface area contributed by atoms with Gasteiger partial charge in [0.15, 0.2) is 6.10 Å². The van der Waals surface area contributed by atoms with Crippen molar-refractivity contribution in [1.82, 2.24) is 0 Å². The molecule has 1 unspecified atom stereocenters. The first kappa shape index (κ1) is 17.6. The van der Waals surface area contributed by atoms with E-state index < -0.39 is 11.9 Å². The van der Waals surface area contributed by atoms with Crippen LogP contribution in [0.2, 0.25) is 5.02 Å². The molecule has 0 spiro atoms. The fraction of sp³-hybridized carbons (Fsp3) is 0.188. The fourth-order valence-corrected chi connectivity index (χ4v) is 2.44. The summed E-state index contributed by atoms with van der Waals surface area (Å²) in [4.78, 5) is 12.5. The Labute approximate surface area is 142 Å². The van der Waals surface area contributed by atoms with Crippen molar-refractivity contribution in [2.45, 2.75) is 23.7 Å². The zero-order chi connectivity index (χ0) is 16.8. The van der Waals surface area contributed by atoms with Crippen molar-refractivity contribution in [2.24, 2.45) is 0 Å². The lowest BCUT2D eigenvalue weighted by Crippen LogP contribution is -2.30. The second-order valence-electron chi connectivity index (χ2n) is 4.61. The van der Waals surface area contributed by atoms with E-state index in [2.05, 4.69) is 5.32 Å². The van der Waals surface area contributed by atoms with Gasteiger partial charge in [0.25, 0.3) is 11.7 Å². The number of carbonyl (C=O) groups excluding carboxylic acids is 1. The van der Waals surface area contributed by atoms with Crippen LogP contribution in [0.25, 0.3) is 0 Å². The molecule has 0 saturated carbocycles. The summed E-state index contributed by atoms with van der Waals surface area (Å²) in [5.74, 6) is -2.33. The highest BCUT2D eigenvalue weighted by Gasteiger charge is 2.15. The van der Waals surface area contributed by atoms with Gasteiger partial charge in [-0.1, -0.05) is 29.4 Å². The highest BCUT2D eigenvalue weighted by atomic mass is 35.5. The zero-order valence-corrected chi connectivity index (χ0v) is 13.7. The number of alkyl halides is 2. The molecule has 1 amide bonds. The second-order valence-corrected chi connectivity index (χ2v) is 6.11. The average molecular weight is 358 g/mol. The molecule has 0 aliphatic carbocycles. The molecule has 0 bridgehead atoms. The Morgan fingerprint density at radius 1 is 1.22 bits per heavy atom. The van der Waals surface area contributed by atoms with Crippen molar-refractivity contribution in [2.75, 3.05) is 5.32 Å². The molecule has 122 valence electrons. The number of ether oxygens (including phenoxy) is 1. The lowest BCUT2D eigenvalue weighted by atomic mass is 10.3. The highest BCUT2D eigenvalue weighted by molar-refractivity contribution is 7.99. The largest absolute Gasteiger partial charge is 0.481 e. The summed E-state index contributed by atoms with van der Waals surface area (Å²) in [6.45, 7) is 1.61. The van der Waals surface area contributed by atoms with Crippen molar-refractivity contribution in [3.63, 3.8) is 0 Å². The van der Waals surface area contributed by atoms with E-state index in [4.69, 9.17) is 16.3 Å². The molecular weight excluding hydrogens is 344 g/mol. The maximum atomic E-state index is 12.2. The summed E-state index contributed by atoms with van der Waals surface area (Å²) in [5, 5.41) is 3.18. The Hall–Kier alpha value is -1.79. The first-order chi connectivity index (χ1) is 10.9. The lowest BCUT2D eigenvalue weighted by molar-refractivity contribution is -0.122. The van der Waals surface area contributed by atoms with Gasteiger partial charge < -0.3 is 10.1 Å². The number of nitrogens with one attached hydrogen (secondary N) is 1. The topological polar surface area (TPSA) is 38.3 Å². The number of anilines is 1. The molecule has 0 saturated heterocycles. The standard InChI is InChI=1S/C16H14ClF2NO2S/c1-10(22-13-4-2-3-11(17)9-13)15(21)20-12-5-7-14(8-6-12)23-16(18)19/h2-10,16H,1H3,(H,20,21). The van der Waals surface area contributed by atoms with Gasteiger partial charge in [0, 0.05) is 15.6 Å². The summed E-state index contributed by atoms with van der Waals surface area (Å²) in [5.41, 5.74) is 0.509. The molecule has 0 aromatic heterocycles. The van der Waals surface area contributed by atoms with Crippen LogP contribution in [0.1, 0.15) is 6.92 Å². The van der Waals surface area contributed by atoms with Crippen LogP contribution in [0.4, 0.5) is 14.5 Å². The number of benzene rings is 2. The van der Waals surface area contributed by atoms with E-state index in [1.165, 1.54) is 12.1 Å². The van der Waals surface area contributed by atoms with Crippen molar-refractivity contribution in [1.29, 1.82) is 0 Å². The van der Waals surface area contributed by atoms with Crippen LogP contribution in [-0.4, -0.2) is 17.8 Å². The van der Waals surface area contributed by atoms with Gasteiger partial charge in [-0.2, -0.15) is 8.78 Å². The Bertz CT molecular complexity index is 667. The highest BCUT2D eigenvalue weighted by Crippen LogP contribution is 2.26.